The largest absolute Gasteiger partial charge is 0.379 e. The first kappa shape index (κ1) is 25.9. The van der Waals surface area contributed by atoms with Crippen LogP contribution in [0.15, 0.2) is 42.7 Å². The van der Waals surface area contributed by atoms with Crippen LogP contribution in [0.3, 0.4) is 0 Å². The number of nitrogens with zero attached hydrogens (tertiary/aromatic N) is 7. The number of hydrogen-bond acceptors (Lipinski definition) is 8. The number of pyridine rings is 1. The predicted molar refractivity (Wildman–Crippen MR) is 149 cm³/mol. The van der Waals surface area contributed by atoms with Crippen LogP contribution in [-0.4, -0.2) is 60.9 Å². The number of aromatic nitrogens is 6. The number of terminal acetylenes is 1. The summed E-state index contributed by atoms with van der Waals surface area (Å²) in [5.74, 6) is 4.14. The highest BCUT2D eigenvalue weighted by Crippen LogP contribution is 2.27. The van der Waals surface area contributed by atoms with Gasteiger partial charge in [0, 0.05) is 37.2 Å². The van der Waals surface area contributed by atoms with Crippen molar-refractivity contribution in [1.82, 2.24) is 34.6 Å². The van der Waals surface area contributed by atoms with Crippen molar-refractivity contribution in [3.8, 4) is 29.8 Å². The topological polar surface area (TPSA) is 121 Å². The quantitative estimate of drug-likeness (QED) is 0.339. The lowest BCUT2D eigenvalue weighted by atomic mass is 10.1. The fraction of sp³-hybridized carbons (Fsp3) is 0.276. The number of morpholine rings is 1. The number of ether oxygens (including phenoxy) is 1. The zero-order valence-electron chi connectivity index (χ0n) is 22.0. The van der Waals surface area contributed by atoms with Crippen LogP contribution in [0.2, 0.25) is 0 Å². The van der Waals surface area contributed by atoms with Crippen LogP contribution < -0.4 is 5.32 Å². The van der Waals surface area contributed by atoms with Gasteiger partial charge in [-0.1, -0.05) is 18.1 Å². The Morgan fingerprint density at radius 1 is 1.21 bits per heavy atom. The average Bonchev–Trinajstić information content (AvgIpc) is 3.57. The molecule has 1 saturated heterocycles. The van der Waals surface area contributed by atoms with Crippen LogP contribution >= 0.6 is 0 Å². The molecule has 196 valence electrons. The summed E-state index contributed by atoms with van der Waals surface area (Å²) >= 11 is 0. The minimum Gasteiger partial charge on any atom is -0.379 e. The molecule has 4 aromatic rings. The number of H-pyrrole nitrogens is 1. The van der Waals surface area contributed by atoms with Crippen molar-refractivity contribution in [2.75, 3.05) is 31.6 Å². The standard InChI is InChI=1S/C29H29N9O/c1-4-23(18-38-21(3)32-19-33-38)28-29(25-7-5-6-20(2)34-25)36-27(35-28)16-31-26-14-22(15-30)8-9-24(26)17-37-10-12-39-13-11-37/h1,5-9,14,18-19,31H,10-13,16-17H2,2-3H3,(H,35,36)/b23-18+. The van der Waals surface area contributed by atoms with Crippen molar-refractivity contribution in [2.24, 2.45) is 0 Å². The van der Waals surface area contributed by atoms with Crippen LogP contribution in [0.4, 0.5) is 5.69 Å². The van der Waals surface area contributed by atoms with Crippen LogP contribution in [0.25, 0.3) is 23.2 Å². The third kappa shape index (κ3) is 6.04. The van der Waals surface area contributed by atoms with E-state index in [1.54, 1.807) is 10.9 Å². The number of rotatable bonds is 8. The highest BCUT2D eigenvalue weighted by Gasteiger charge is 2.18. The normalized spacial score (nSPS) is 14.1. The molecule has 0 aliphatic carbocycles. The molecule has 0 radical (unpaired) electrons. The zero-order chi connectivity index (χ0) is 27.2. The summed E-state index contributed by atoms with van der Waals surface area (Å²) < 4.78 is 7.11. The van der Waals surface area contributed by atoms with Crippen LogP contribution in [0.1, 0.15) is 34.2 Å². The summed E-state index contributed by atoms with van der Waals surface area (Å²) in [4.78, 5) is 19.5. The zero-order valence-corrected chi connectivity index (χ0v) is 22.0. The summed E-state index contributed by atoms with van der Waals surface area (Å²) in [6, 6.07) is 13.8. The van der Waals surface area contributed by atoms with Crippen molar-refractivity contribution < 1.29 is 4.74 Å². The van der Waals surface area contributed by atoms with Crippen LogP contribution in [-0.2, 0) is 17.8 Å². The van der Waals surface area contributed by atoms with Gasteiger partial charge < -0.3 is 15.0 Å². The number of anilines is 1. The smallest absolute Gasteiger partial charge is 0.138 e. The first-order chi connectivity index (χ1) is 19.0. The van der Waals surface area contributed by atoms with Gasteiger partial charge in [0.15, 0.2) is 0 Å². The first-order valence-electron chi connectivity index (χ1n) is 12.7. The summed E-state index contributed by atoms with van der Waals surface area (Å²) in [5.41, 5.74) is 6.07. The maximum atomic E-state index is 9.49. The van der Waals surface area contributed by atoms with Gasteiger partial charge in [0.05, 0.1) is 48.4 Å². The fourth-order valence-corrected chi connectivity index (χ4v) is 4.42. The Hall–Kier alpha value is -4.77. The van der Waals surface area contributed by atoms with Crippen molar-refractivity contribution in [2.45, 2.75) is 26.9 Å². The van der Waals surface area contributed by atoms with Gasteiger partial charge >= 0.3 is 0 Å². The molecule has 2 N–H and O–H groups in total. The molecule has 0 amide bonds. The van der Waals surface area contributed by atoms with E-state index in [2.05, 4.69) is 37.3 Å². The second-order valence-corrected chi connectivity index (χ2v) is 9.24. The highest BCUT2D eigenvalue weighted by atomic mass is 16.5. The van der Waals surface area contributed by atoms with E-state index in [4.69, 9.17) is 21.1 Å². The summed E-state index contributed by atoms with van der Waals surface area (Å²) in [6.07, 6.45) is 9.17. The molecule has 3 aromatic heterocycles. The number of aryl methyl sites for hydroxylation is 2. The Balaban J connectivity index is 1.47. The Labute approximate surface area is 227 Å². The fourth-order valence-electron chi connectivity index (χ4n) is 4.42. The molecule has 10 nitrogen and oxygen atoms in total. The van der Waals surface area contributed by atoms with Gasteiger partial charge in [0.2, 0.25) is 0 Å². The van der Waals surface area contributed by atoms with Crippen LogP contribution in [0, 0.1) is 37.5 Å². The lowest BCUT2D eigenvalue weighted by Crippen LogP contribution is -2.35. The van der Waals surface area contributed by atoms with E-state index < -0.39 is 0 Å². The Kier molecular flexibility index (Phi) is 7.78. The second kappa shape index (κ2) is 11.7. The average molecular weight is 520 g/mol. The molecular weight excluding hydrogens is 490 g/mol. The number of imidazole rings is 1. The van der Waals surface area contributed by atoms with E-state index in [-0.39, 0.29) is 0 Å². The van der Waals surface area contributed by atoms with Gasteiger partial charge in [0.1, 0.15) is 23.7 Å². The molecule has 0 spiro atoms. The van der Waals surface area contributed by atoms with E-state index >= 15 is 0 Å². The SMILES string of the molecule is C#C/C(=C\n1ncnc1C)c1nc(CNc2cc(C#N)ccc2CN2CCOCC2)[nH]c1-c1cccc(C)n1. The van der Waals surface area contributed by atoms with E-state index in [0.29, 0.717) is 35.0 Å². The number of aromatic amines is 1. The molecule has 1 aromatic carbocycles. The number of allylic oxidation sites excluding steroid dienone is 1. The van der Waals surface area contributed by atoms with Gasteiger partial charge in [-0.15, -0.1) is 6.42 Å². The molecule has 0 saturated carbocycles. The van der Waals surface area contributed by atoms with Crippen molar-refractivity contribution in [3.05, 3.63) is 76.9 Å². The lowest BCUT2D eigenvalue weighted by molar-refractivity contribution is 0.0342. The molecule has 1 fully saturated rings. The monoisotopic (exact) mass is 519 g/mol. The Morgan fingerprint density at radius 3 is 2.77 bits per heavy atom. The maximum absolute atomic E-state index is 9.49. The molecular formula is C29H29N9O. The van der Waals surface area contributed by atoms with E-state index in [9.17, 15) is 5.26 Å². The third-order valence-electron chi connectivity index (χ3n) is 6.49. The highest BCUT2D eigenvalue weighted by molar-refractivity contribution is 5.90. The van der Waals surface area contributed by atoms with Crippen molar-refractivity contribution >= 4 is 17.5 Å². The van der Waals surface area contributed by atoms with E-state index in [1.165, 1.54) is 6.33 Å². The van der Waals surface area contributed by atoms with Crippen molar-refractivity contribution in [1.29, 1.82) is 5.26 Å². The molecule has 0 unspecified atom stereocenters. The minimum absolute atomic E-state index is 0.393. The number of benzene rings is 1. The third-order valence-corrected chi connectivity index (χ3v) is 6.49. The molecule has 0 atom stereocenters. The molecule has 5 rings (SSSR count). The summed E-state index contributed by atoms with van der Waals surface area (Å²) in [7, 11) is 0. The molecule has 1 aliphatic heterocycles. The number of hydrogen-bond donors (Lipinski definition) is 2. The molecule has 0 bridgehead atoms. The lowest BCUT2D eigenvalue weighted by Gasteiger charge is -2.27. The van der Waals surface area contributed by atoms with E-state index in [0.717, 1.165) is 61.2 Å². The molecule has 4 heterocycles. The van der Waals surface area contributed by atoms with E-state index in [1.807, 2.05) is 50.2 Å². The summed E-state index contributed by atoms with van der Waals surface area (Å²) in [5, 5.41) is 17.2. The predicted octanol–water partition coefficient (Wildman–Crippen LogP) is 3.63. The Bertz CT molecular complexity index is 1580. The first-order valence-corrected chi connectivity index (χ1v) is 12.7. The molecule has 39 heavy (non-hydrogen) atoms. The number of nitrogens with one attached hydrogen (secondary N) is 2. The number of nitriles is 1. The van der Waals surface area contributed by atoms with Gasteiger partial charge in [-0.3, -0.25) is 9.88 Å². The van der Waals surface area contributed by atoms with Crippen molar-refractivity contribution in [3.63, 3.8) is 0 Å². The second-order valence-electron chi connectivity index (χ2n) is 9.24. The van der Waals surface area contributed by atoms with Gasteiger partial charge in [-0.25, -0.2) is 14.6 Å². The minimum atomic E-state index is 0.393. The summed E-state index contributed by atoms with van der Waals surface area (Å²) in [6.45, 7) is 8.15. The van der Waals surface area contributed by atoms with Gasteiger partial charge in [-0.2, -0.15) is 10.4 Å². The maximum Gasteiger partial charge on any atom is 0.138 e. The van der Waals surface area contributed by atoms with Crippen LogP contribution in [0.5, 0.6) is 0 Å². The van der Waals surface area contributed by atoms with Gasteiger partial charge in [-0.05, 0) is 43.7 Å². The molecule has 1 aliphatic rings. The van der Waals surface area contributed by atoms with Gasteiger partial charge in [0.25, 0.3) is 0 Å². The Morgan fingerprint density at radius 2 is 2.05 bits per heavy atom. The molecule has 10 heteroatoms.